The predicted molar refractivity (Wildman–Crippen MR) is 68.1 cm³/mol. The van der Waals surface area contributed by atoms with E-state index >= 15 is 0 Å². The Bertz CT molecular complexity index is 110. The molecule has 0 heterocycles. The third-order valence-electron chi connectivity index (χ3n) is 3.44. The molecule has 84 valence electrons. The zero-order chi connectivity index (χ0) is 10.1. The van der Waals surface area contributed by atoms with Crippen molar-refractivity contribution in [3.8, 4) is 0 Å². The van der Waals surface area contributed by atoms with Gasteiger partial charge in [0.25, 0.3) is 0 Å². The molecule has 0 atom stereocenters. The first kappa shape index (κ1) is 12.5. The van der Waals surface area contributed by atoms with E-state index in [1.165, 1.54) is 76.0 Å². The van der Waals surface area contributed by atoms with Gasteiger partial charge in [-0.2, -0.15) is 0 Å². The SMILES string of the molecule is BrCC1CCCCCCCCCCC1. The lowest BCUT2D eigenvalue weighted by Gasteiger charge is -2.14. The molecule has 1 aliphatic rings. The van der Waals surface area contributed by atoms with E-state index in [2.05, 4.69) is 15.9 Å². The van der Waals surface area contributed by atoms with Crippen molar-refractivity contribution in [3.05, 3.63) is 0 Å². The minimum atomic E-state index is 0.967. The summed E-state index contributed by atoms with van der Waals surface area (Å²) in [5.74, 6) is 0.967. The topological polar surface area (TPSA) is 0 Å². The molecule has 0 aromatic heterocycles. The maximum absolute atomic E-state index is 3.65. The van der Waals surface area contributed by atoms with Crippen molar-refractivity contribution in [2.75, 3.05) is 5.33 Å². The molecule has 0 aliphatic heterocycles. The van der Waals surface area contributed by atoms with Crippen molar-refractivity contribution in [2.24, 2.45) is 5.92 Å². The minimum Gasteiger partial charge on any atom is -0.0925 e. The first-order chi connectivity index (χ1) is 6.93. The zero-order valence-corrected chi connectivity index (χ0v) is 11.0. The van der Waals surface area contributed by atoms with Crippen LogP contribution in [0.25, 0.3) is 0 Å². The van der Waals surface area contributed by atoms with Crippen LogP contribution < -0.4 is 0 Å². The van der Waals surface area contributed by atoms with Crippen LogP contribution in [-0.2, 0) is 0 Å². The molecule has 0 nitrogen and oxygen atoms in total. The second-order valence-corrected chi connectivity index (χ2v) is 5.43. The van der Waals surface area contributed by atoms with E-state index in [0.717, 1.165) is 5.92 Å². The van der Waals surface area contributed by atoms with Crippen LogP contribution in [0.15, 0.2) is 0 Å². The van der Waals surface area contributed by atoms with Crippen molar-refractivity contribution in [1.82, 2.24) is 0 Å². The minimum absolute atomic E-state index is 0.967. The summed E-state index contributed by atoms with van der Waals surface area (Å²) in [6.45, 7) is 0. The third kappa shape index (κ3) is 6.06. The predicted octanol–water partition coefficient (Wildman–Crippen LogP) is 5.30. The Morgan fingerprint density at radius 2 is 1.00 bits per heavy atom. The molecule has 14 heavy (non-hydrogen) atoms. The van der Waals surface area contributed by atoms with Gasteiger partial charge in [0.05, 0.1) is 0 Å². The second kappa shape index (κ2) is 8.76. The number of halogens is 1. The van der Waals surface area contributed by atoms with E-state index in [1.54, 1.807) is 0 Å². The van der Waals surface area contributed by atoms with Gasteiger partial charge in [-0.25, -0.2) is 0 Å². The highest BCUT2D eigenvalue weighted by atomic mass is 79.9. The molecular weight excluding hydrogens is 236 g/mol. The number of hydrogen-bond donors (Lipinski definition) is 0. The van der Waals surface area contributed by atoms with Gasteiger partial charge in [-0.05, 0) is 18.8 Å². The molecular formula is C13H25Br. The Labute approximate surface area is 98.0 Å². The molecule has 0 saturated heterocycles. The van der Waals surface area contributed by atoms with Crippen LogP contribution in [0.1, 0.15) is 70.6 Å². The zero-order valence-electron chi connectivity index (χ0n) is 9.44. The average molecular weight is 261 g/mol. The van der Waals surface area contributed by atoms with E-state index in [9.17, 15) is 0 Å². The summed E-state index contributed by atoms with van der Waals surface area (Å²) in [5.41, 5.74) is 0. The molecule has 0 aromatic carbocycles. The standard InChI is InChI=1S/C13H25Br/c14-12-13-10-8-6-4-2-1-3-5-7-9-11-13/h13H,1-12H2. The van der Waals surface area contributed by atoms with Gasteiger partial charge < -0.3 is 0 Å². The van der Waals surface area contributed by atoms with E-state index in [4.69, 9.17) is 0 Å². The van der Waals surface area contributed by atoms with Gasteiger partial charge in [0.2, 0.25) is 0 Å². The average Bonchev–Trinajstić information content (AvgIpc) is 2.19. The smallest absolute Gasteiger partial charge is 0.00596 e. The second-order valence-electron chi connectivity index (χ2n) is 4.78. The first-order valence-corrected chi connectivity index (χ1v) is 7.61. The van der Waals surface area contributed by atoms with E-state index in [0.29, 0.717) is 0 Å². The summed E-state index contributed by atoms with van der Waals surface area (Å²) >= 11 is 3.65. The summed E-state index contributed by atoms with van der Waals surface area (Å²) in [6.07, 6.45) is 16.2. The lowest BCUT2D eigenvalue weighted by Crippen LogP contribution is -2.02. The normalized spacial score (nSPS) is 23.8. The Morgan fingerprint density at radius 1 is 0.643 bits per heavy atom. The maximum atomic E-state index is 3.65. The van der Waals surface area contributed by atoms with Crippen LogP contribution in [-0.4, -0.2) is 5.33 Å². The molecule has 1 saturated carbocycles. The fourth-order valence-corrected chi connectivity index (χ4v) is 3.05. The third-order valence-corrected chi connectivity index (χ3v) is 4.36. The molecule has 0 radical (unpaired) electrons. The molecule has 0 amide bonds. The summed E-state index contributed by atoms with van der Waals surface area (Å²) in [4.78, 5) is 0. The highest BCUT2D eigenvalue weighted by Crippen LogP contribution is 2.22. The van der Waals surface area contributed by atoms with Crippen molar-refractivity contribution in [2.45, 2.75) is 70.6 Å². The summed E-state index contributed by atoms with van der Waals surface area (Å²) in [7, 11) is 0. The summed E-state index contributed by atoms with van der Waals surface area (Å²) < 4.78 is 0. The largest absolute Gasteiger partial charge is 0.0925 e. The Morgan fingerprint density at radius 3 is 1.36 bits per heavy atom. The van der Waals surface area contributed by atoms with E-state index < -0.39 is 0 Å². The van der Waals surface area contributed by atoms with Gasteiger partial charge in [-0.1, -0.05) is 73.7 Å². The Balaban J connectivity index is 2.17. The van der Waals surface area contributed by atoms with Crippen LogP contribution in [0.3, 0.4) is 0 Å². The van der Waals surface area contributed by atoms with E-state index in [-0.39, 0.29) is 0 Å². The number of alkyl halides is 1. The number of hydrogen-bond acceptors (Lipinski definition) is 0. The molecule has 1 aliphatic carbocycles. The van der Waals surface area contributed by atoms with E-state index in [1.807, 2.05) is 0 Å². The fourth-order valence-electron chi connectivity index (χ4n) is 2.40. The van der Waals surface area contributed by atoms with Crippen LogP contribution >= 0.6 is 15.9 Å². The van der Waals surface area contributed by atoms with Crippen LogP contribution in [0.5, 0.6) is 0 Å². The van der Waals surface area contributed by atoms with Crippen molar-refractivity contribution in [1.29, 1.82) is 0 Å². The van der Waals surface area contributed by atoms with Gasteiger partial charge in [-0.15, -0.1) is 0 Å². The van der Waals surface area contributed by atoms with Crippen LogP contribution in [0.4, 0.5) is 0 Å². The van der Waals surface area contributed by atoms with Gasteiger partial charge in [0.1, 0.15) is 0 Å². The fraction of sp³-hybridized carbons (Fsp3) is 1.00. The van der Waals surface area contributed by atoms with Crippen molar-refractivity contribution in [3.63, 3.8) is 0 Å². The van der Waals surface area contributed by atoms with Crippen molar-refractivity contribution >= 4 is 15.9 Å². The van der Waals surface area contributed by atoms with Gasteiger partial charge in [0.15, 0.2) is 0 Å². The lowest BCUT2D eigenvalue weighted by molar-refractivity contribution is 0.427. The Hall–Kier alpha value is 0.480. The monoisotopic (exact) mass is 260 g/mol. The molecule has 0 N–H and O–H groups in total. The molecule has 0 unspecified atom stereocenters. The molecule has 1 heteroatoms. The number of rotatable bonds is 1. The van der Waals surface area contributed by atoms with Crippen LogP contribution in [0, 0.1) is 5.92 Å². The molecule has 0 spiro atoms. The van der Waals surface area contributed by atoms with Gasteiger partial charge in [-0.3, -0.25) is 0 Å². The molecule has 1 rings (SSSR count). The summed E-state index contributed by atoms with van der Waals surface area (Å²) in [5, 5.41) is 1.23. The first-order valence-electron chi connectivity index (χ1n) is 6.49. The maximum Gasteiger partial charge on any atom is 0.00596 e. The molecule has 1 fully saturated rings. The quantitative estimate of drug-likeness (QED) is 0.562. The highest BCUT2D eigenvalue weighted by molar-refractivity contribution is 9.09. The van der Waals surface area contributed by atoms with Crippen LogP contribution in [0.2, 0.25) is 0 Å². The summed E-state index contributed by atoms with van der Waals surface area (Å²) in [6, 6.07) is 0. The molecule has 0 bridgehead atoms. The molecule has 0 aromatic rings. The Kier molecular flexibility index (Phi) is 7.85. The van der Waals surface area contributed by atoms with Gasteiger partial charge in [0, 0.05) is 5.33 Å². The lowest BCUT2D eigenvalue weighted by atomic mass is 9.94. The highest BCUT2D eigenvalue weighted by Gasteiger charge is 2.07. The van der Waals surface area contributed by atoms with Gasteiger partial charge >= 0.3 is 0 Å². The van der Waals surface area contributed by atoms with Crippen molar-refractivity contribution < 1.29 is 0 Å².